The summed E-state index contributed by atoms with van der Waals surface area (Å²) in [5, 5.41) is 10.00. The second-order valence-corrected chi connectivity index (χ2v) is 4.60. The molecule has 0 radical (unpaired) electrons. The zero-order chi connectivity index (χ0) is 11.9. The number of likely N-dealkylation sites (N-methyl/N-ethyl adjacent to an activating group) is 1. The van der Waals surface area contributed by atoms with Gasteiger partial charge in [0.05, 0.1) is 6.61 Å². The van der Waals surface area contributed by atoms with E-state index < -0.39 is 5.41 Å². The minimum absolute atomic E-state index is 0.0417. The third-order valence-corrected chi connectivity index (χ3v) is 3.74. The summed E-state index contributed by atoms with van der Waals surface area (Å²) in [4.78, 5) is 13.6. The number of hydrogen-bond donors (Lipinski definition) is 1. The van der Waals surface area contributed by atoms with Crippen molar-refractivity contribution in [2.45, 2.75) is 5.41 Å². The first kappa shape index (κ1) is 11.7. The first-order valence-corrected chi connectivity index (χ1v) is 5.73. The van der Waals surface area contributed by atoms with E-state index in [1.807, 2.05) is 0 Å². The Labute approximate surface area is 104 Å². The fourth-order valence-corrected chi connectivity index (χ4v) is 2.57. The van der Waals surface area contributed by atoms with E-state index in [0.717, 1.165) is 5.69 Å². The number of benzene rings is 1. The van der Waals surface area contributed by atoms with E-state index in [-0.39, 0.29) is 18.4 Å². The first-order chi connectivity index (χ1) is 7.56. The first-order valence-electron chi connectivity index (χ1n) is 4.82. The number of aliphatic hydroxyl groups is 1. The van der Waals surface area contributed by atoms with Gasteiger partial charge in [-0.05, 0) is 23.8 Å². The number of nitrogens with zero attached hydrogens (tertiary/aromatic N) is 1. The van der Waals surface area contributed by atoms with Crippen LogP contribution in [0.25, 0.3) is 0 Å². The van der Waals surface area contributed by atoms with E-state index >= 15 is 0 Å². The lowest BCUT2D eigenvalue weighted by Gasteiger charge is -2.22. The topological polar surface area (TPSA) is 40.5 Å². The van der Waals surface area contributed by atoms with Gasteiger partial charge in [-0.1, -0.05) is 11.6 Å². The maximum Gasteiger partial charge on any atom is 0.241 e. The molecule has 16 heavy (non-hydrogen) atoms. The van der Waals surface area contributed by atoms with Gasteiger partial charge in [0.2, 0.25) is 5.91 Å². The second kappa shape index (κ2) is 3.91. The Morgan fingerprint density at radius 2 is 2.19 bits per heavy atom. The summed E-state index contributed by atoms with van der Waals surface area (Å²) in [6.07, 6.45) is 0. The van der Waals surface area contributed by atoms with E-state index in [0.29, 0.717) is 10.6 Å². The highest BCUT2D eigenvalue weighted by Gasteiger charge is 2.48. The number of aliphatic hydroxyl groups excluding tert-OH is 1. The highest BCUT2D eigenvalue weighted by molar-refractivity contribution is 6.31. The van der Waals surface area contributed by atoms with Crippen LogP contribution in [0, 0.1) is 0 Å². The quantitative estimate of drug-likeness (QED) is 0.823. The van der Waals surface area contributed by atoms with Crippen molar-refractivity contribution in [1.82, 2.24) is 0 Å². The number of carbonyl (C=O) groups excluding carboxylic acids is 1. The normalized spacial score (nSPS) is 23.8. The molecule has 3 nitrogen and oxygen atoms in total. The average molecular weight is 260 g/mol. The molecule has 1 aromatic carbocycles. The number of halogens is 2. The largest absolute Gasteiger partial charge is 0.395 e. The smallest absolute Gasteiger partial charge is 0.241 e. The summed E-state index contributed by atoms with van der Waals surface area (Å²) in [7, 11) is 1.67. The molecule has 0 spiro atoms. The van der Waals surface area contributed by atoms with Gasteiger partial charge in [0.15, 0.2) is 0 Å². The van der Waals surface area contributed by atoms with E-state index in [9.17, 15) is 9.90 Å². The van der Waals surface area contributed by atoms with Crippen LogP contribution in [-0.4, -0.2) is 30.5 Å². The zero-order valence-electron chi connectivity index (χ0n) is 8.70. The van der Waals surface area contributed by atoms with Gasteiger partial charge in [-0.3, -0.25) is 4.79 Å². The summed E-state index contributed by atoms with van der Waals surface area (Å²) < 4.78 is 0. The molecular weight excluding hydrogens is 249 g/mol. The molecule has 2 rings (SSSR count). The summed E-state index contributed by atoms with van der Waals surface area (Å²) in [5.41, 5.74) is 0.408. The molecule has 1 heterocycles. The van der Waals surface area contributed by atoms with Gasteiger partial charge in [-0.2, -0.15) is 0 Å². The van der Waals surface area contributed by atoms with Gasteiger partial charge < -0.3 is 10.0 Å². The molecule has 0 bridgehead atoms. The van der Waals surface area contributed by atoms with Crippen LogP contribution < -0.4 is 4.90 Å². The highest BCUT2D eigenvalue weighted by Crippen LogP contribution is 2.42. The molecule has 1 aliphatic rings. The third-order valence-electron chi connectivity index (χ3n) is 3.05. The molecule has 1 aromatic rings. The van der Waals surface area contributed by atoms with E-state index in [2.05, 4.69) is 0 Å². The molecule has 0 aliphatic carbocycles. The van der Waals surface area contributed by atoms with Crippen LogP contribution in [0.4, 0.5) is 5.69 Å². The predicted molar refractivity (Wildman–Crippen MR) is 64.3 cm³/mol. The highest BCUT2D eigenvalue weighted by atomic mass is 35.5. The second-order valence-electron chi connectivity index (χ2n) is 3.90. The van der Waals surface area contributed by atoms with E-state index in [4.69, 9.17) is 23.2 Å². The van der Waals surface area contributed by atoms with Crippen LogP contribution in [0.5, 0.6) is 0 Å². The summed E-state index contributed by atoms with van der Waals surface area (Å²) in [5.74, 6) is -0.151. The molecule has 0 fully saturated rings. The fraction of sp³-hybridized carbons (Fsp3) is 0.364. The molecular formula is C11H11Cl2NO2. The Hall–Kier alpha value is -0.770. The van der Waals surface area contributed by atoms with Gasteiger partial charge in [0, 0.05) is 23.6 Å². The molecule has 1 amide bonds. The van der Waals surface area contributed by atoms with E-state index in [1.54, 1.807) is 25.2 Å². The SMILES string of the molecule is CN1C(=O)C(CO)(CCl)c2cc(Cl)ccc21. The van der Waals surface area contributed by atoms with Crippen LogP contribution in [0.1, 0.15) is 5.56 Å². The van der Waals surface area contributed by atoms with Crippen molar-refractivity contribution < 1.29 is 9.90 Å². The predicted octanol–water partition coefficient (Wildman–Crippen LogP) is 1.79. The monoisotopic (exact) mass is 259 g/mol. The zero-order valence-corrected chi connectivity index (χ0v) is 10.2. The Morgan fingerprint density at radius 1 is 1.50 bits per heavy atom. The summed E-state index contributed by atoms with van der Waals surface area (Å²) in [6.45, 7) is -0.312. The Balaban J connectivity index is 2.68. The number of fused-ring (bicyclic) bond motifs is 1. The Kier molecular flexibility index (Phi) is 2.86. The average Bonchev–Trinajstić information content (AvgIpc) is 2.49. The maximum atomic E-state index is 12.1. The molecule has 1 aliphatic heterocycles. The van der Waals surface area contributed by atoms with Crippen LogP contribution in [0.15, 0.2) is 18.2 Å². The van der Waals surface area contributed by atoms with Crippen LogP contribution in [-0.2, 0) is 10.2 Å². The standard InChI is InChI=1S/C11H11Cl2NO2/c1-14-9-3-2-7(13)4-8(9)11(5-12,6-15)10(14)16/h2-4,15H,5-6H2,1H3. The lowest BCUT2D eigenvalue weighted by Crippen LogP contribution is -2.43. The Bertz CT molecular complexity index is 444. The summed E-state index contributed by atoms with van der Waals surface area (Å²) in [6, 6.07) is 5.17. The molecule has 1 N–H and O–H groups in total. The molecule has 1 unspecified atom stereocenters. The maximum absolute atomic E-state index is 12.1. The van der Waals surface area contributed by atoms with Crippen molar-refractivity contribution in [2.75, 3.05) is 24.4 Å². The number of carbonyl (C=O) groups is 1. The number of amides is 1. The van der Waals surface area contributed by atoms with Crippen LogP contribution in [0.2, 0.25) is 5.02 Å². The van der Waals surface area contributed by atoms with Crippen molar-refractivity contribution in [3.05, 3.63) is 28.8 Å². The minimum Gasteiger partial charge on any atom is -0.395 e. The number of rotatable bonds is 2. The number of alkyl halides is 1. The fourth-order valence-electron chi connectivity index (χ4n) is 2.05. The lowest BCUT2D eigenvalue weighted by molar-refractivity contribution is -0.123. The van der Waals surface area contributed by atoms with Gasteiger partial charge in [0.25, 0.3) is 0 Å². The van der Waals surface area contributed by atoms with Crippen molar-refractivity contribution in [3.8, 4) is 0 Å². The van der Waals surface area contributed by atoms with Crippen molar-refractivity contribution in [2.24, 2.45) is 0 Å². The van der Waals surface area contributed by atoms with Crippen LogP contribution in [0.3, 0.4) is 0 Å². The Morgan fingerprint density at radius 3 is 2.75 bits per heavy atom. The third kappa shape index (κ3) is 1.35. The number of hydrogen-bond acceptors (Lipinski definition) is 2. The van der Waals surface area contributed by atoms with Crippen molar-refractivity contribution in [1.29, 1.82) is 0 Å². The van der Waals surface area contributed by atoms with Crippen LogP contribution >= 0.6 is 23.2 Å². The van der Waals surface area contributed by atoms with Gasteiger partial charge >= 0.3 is 0 Å². The molecule has 86 valence electrons. The molecule has 0 saturated heterocycles. The summed E-state index contributed by atoms with van der Waals surface area (Å²) >= 11 is 11.8. The minimum atomic E-state index is -1.05. The van der Waals surface area contributed by atoms with E-state index in [1.165, 1.54) is 4.90 Å². The van der Waals surface area contributed by atoms with Gasteiger partial charge in [-0.15, -0.1) is 11.6 Å². The van der Waals surface area contributed by atoms with Crippen molar-refractivity contribution >= 4 is 34.8 Å². The molecule has 1 atom stereocenters. The van der Waals surface area contributed by atoms with Gasteiger partial charge in [0.1, 0.15) is 5.41 Å². The molecule has 5 heteroatoms. The number of anilines is 1. The molecule has 0 aromatic heterocycles. The van der Waals surface area contributed by atoms with Gasteiger partial charge in [-0.25, -0.2) is 0 Å². The lowest BCUT2D eigenvalue weighted by atomic mass is 9.84. The van der Waals surface area contributed by atoms with Crippen molar-refractivity contribution in [3.63, 3.8) is 0 Å². The molecule has 0 saturated carbocycles.